The topological polar surface area (TPSA) is 43.8 Å². The third-order valence-electron chi connectivity index (χ3n) is 2.92. The first-order chi connectivity index (χ1) is 7.75. The van der Waals surface area contributed by atoms with Crippen molar-refractivity contribution >= 4 is 5.82 Å². The predicted molar refractivity (Wildman–Crippen MR) is 59.9 cm³/mol. The molecule has 0 aliphatic heterocycles. The van der Waals surface area contributed by atoms with Crippen LogP contribution in [-0.2, 0) is 0 Å². The van der Waals surface area contributed by atoms with Crippen molar-refractivity contribution in [1.82, 2.24) is 9.78 Å². The van der Waals surface area contributed by atoms with Gasteiger partial charge in [-0.1, -0.05) is 0 Å². The molecular formula is C12H12FN3. The van der Waals surface area contributed by atoms with E-state index in [0.717, 1.165) is 11.3 Å². The second-order valence-electron chi connectivity index (χ2n) is 4.15. The van der Waals surface area contributed by atoms with Crippen LogP contribution in [0.3, 0.4) is 0 Å². The van der Waals surface area contributed by atoms with E-state index >= 15 is 0 Å². The molecule has 2 N–H and O–H groups in total. The summed E-state index contributed by atoms with van der Waals surface area (Å²) in [5.41, 5.74) is 7.93. The molecule has 82 valence electrons. The summed E-state index contributed by atoms with van der Waals surface area (Å²) in [5.74, 6) is 1.00. The van der Waals surface area contributed by atoms with Gasteiger partial charge in [0.05, 0.1) is 11.9 Å². The minimum Gasteiger partial charge on any atom is -0.383 e. The van der Waals surface area contributed by atoms with Crippen LogP contribution in [0.2, 0.25) is 0 Å². The lowest BCUT2D eigenvalue weighted by Crippen LogP contribution is -2.02. The number of halogens is 1. The van der Waals surface area contributed by atoms with Gasteiger partial charge in [-0.3, -0.25) is 0 Å². The van der Waals surface area contributed by atoms with Crippen molar-refractivity contribution in [2.24, 2.45) is 0 Å². The number of nitrogen functional groups attached to an aromatic ring is 1. The number of nitrogens with two attached hydrogens (primary N) is 1. The van der Waals surface area contributed by atoms with Gasteiger partial charge in [-0.2, -0.15) is 5.10 Å². The summed E-state index contributed by atoms with van der Waals surface area (Å²) >= 11 is 0. The van der Waals surface area contributed by atoms with Gasteiger partial charge in [0.25, 0.3) is 0 Å². The Morgan fingerprint density at radius 2 is 1.94 bits per heavy atom. The van der Waals surface area contributed by atoms with Gasteiger partial charge >= 0.3 is 0 Å². The van der Waals surface area contributed by atoms with Crippen molar-refractivity contribution in [2.45, 2.75) is 18.8 Å². The molecule has 2 aromatic rings. The molecule has 0 unspecified atom stereocenters. The zero-order valence-corrected chi connectivity index (χ0v) is 8.73. The van der Waals surface area contributed by atoms with Crippen LogP contribution in [0.4, 0.5) is 10.2 Å². The number of anilines is 1. The highest BCUT2D eigenvalue weighted by Gasteiger charge is 2.28. The number of aromatic nitrogens is 2. The van der Waals surface area contributed by atoms with Crippen molar-refractivity contribution in [3.8, 4) is 5.69 Å². The lowest BCUT2D eigenvalue weighted by atomic mass is 10.2. The van der Waals surface area contributed by atoms with E-state index in [-0.39, 0.29) is 5.82 Å². The van der Waals surface area contributed by atoms with Gasteiger partial charge < -0.3 is 5.73 Å². The first-order valence-corrected chi connectivity index (χ1v) is 5.35. The van der Waals surface area contributed by atoms with Crippen LogP contribution in [-0.4, -0.2) is 9.78 Å². The Kier molecular flexibility index (Phi) is 1.96. The van der Waals surface area contributed by atoms with E-state index in [2.05, 4.69) is 5.10 Å². The molecule has 16 heavy (non-hydrogen) atoms. The predicted octanol–water partition coefficient (Wildman–Crippen LogP) is 2.47. The van der Waals surface area contributed by atoms with Crippen LogP contribution in [0.15, 0.2) is 30.5 Å². The second kappa shape index (κ2) is 3.33. The highest BCUT2D eigenvalue weighted by Crippen LogP contribution is 2.42. The van der Waals surface area contributed by atoms with Gasteiger partial charge in [0.15, 0.2) is 0 Å². The standard InChI is InChI=1S/C12H12FN3/c13-9-3-5-10(6-4-9)16-12(14)11(7-15-16)8-1-2-8/h3-8H,1-2,14H2. The zero-order chi connectivity index (χ0) is 11.1. The summed E-state index contributed by atoms with van der Waals surface area (Å²) in [6.07, 6.45) is 4.20. The van der Waals surface area contributed by atoms with Crippen molar-refractivity contribution in [3.63, 3.8) is 0 Å². The molecular weight excluding hydrogens is 205 g/mol. The molecule has 1 fully saturated rings. The zero-order valence-electron chi connectivity index (χ0n) is 8.73. The third kappa shape index (κ3) is 1.46. The Bertz CT molecular complexity index is 512. The van der Waals surface area contributed by atoms with Crippen molar-refractivity contribution in [2.75, 3.05) is 5.73 Å². The van der Waals surface area contributed by atoms with E-state index in [9.17, 15) is 4.39 Å². The fraction of sp³-hybridized carbons (Fsp3) is 0.250. The molecule has 3 rings (SSSR count). The van der Waals surface area contributed by atoms with Crippen molar-refractivity contribution < 1.29 is 4.39 Å². The highest BCUT2D eigenvalue weighted by molar-refractivity contribution is 5.49. The van der Waals surface area contributed by atoms with Gasteiger partial charge in [-0.15, -0.1) is 0 Å². The molecule has 0 atom stereocenters. The average molecular weight is 217 g/mol. The maximum Gasteiger partial charge on any atom is 0.130 e. The largest absolute Gasteiger partial charge is 0.383 e. The molecule has 0 saturated heterocycles. The summed E-state index contributed by atoms with van der Waals surface area (Å²) in [6, 6.07) is 6.17. The van der Waals surface area contributed by atoms with Crippen LogP contribution in [0.5, 0.6) is 0 Å². The Morgan fingerprint density at radius 3 is 2.56 bits per heavy atom. The van der Waals surface area contributed by atoms with Crippen LogP contribution < -0.4 is 5.73 Å². The molecule has 0 bridgehead atoms. The second-order valence-corrected chi connectivity index (χ2v) is 4.15. The molecule has 3 nitrogen and oxygen atoms in total. The van der Waals surface area contributed by atoms with Crippen LogP contribution >= 0.6 is 0 Å². The number of hydrogen-bond donors (Lipinski definition) is 1. The third-order valence-corrected chi connectivity index (χ3v) is 2.92. The molecule has 1 aromatic carbocycles. The van der Waals surface area contributed by atoms with Gasteiger partial charge in [-0.05, 0) is 43.0 Å². The summed E-state index contributed by atoms with van der Waals surface area (Å²) < 4.78 is 14.4. The van der Waals surface area contributed by atoms with Gasteiger partial charge in [0.2, 0.25) is 0 Å². The van der Waals surface area contributed by atoms with E-state index < -0.39 is 0 Å². The summed E-state index contributed by atoms with van der Waals surface area (Å²) in [4.78, 5) is 0. The molecule has 1 saturated carbocycles. The minimum atomic E-state index is -0.253. The van der Waals surface area contributed by atoms with Gasteiger partial charge in [-0.25, -0.2) is 9.07 Å². The first-order valence-electron chi connectivity index (χ1n) is 5.35. The average Bonchev–Trinajstić information content (AvgIpc) is 3.05. The maximum atomic E-state index is 12.8. The van der Waals surface area contributed by atoms with E-state index in [0.29, 0.717) is 11.7 Å². The molecule has 1 aromatic heterocycles. The lowest BCUT2D eigenvalue weighted by Gasteiger charge is -2.04. The minimum absolute atomic E-state index is 0.253. The Labute approximate surface area is 92.7 Å². The normalized spacial score (nSPS) is 15.3. The summed E-state index contributed by atoms with van der Waals surface area (Å²) in [5, 5.41) is 4.25. The highest BCUT2D eigenvalue weighted by atomic mass is 19.1. The summed E-state index contributed by atoms with van der Waals surface area (Å²) in [7, 11) is 0. The number of nitrogens with zero attached hydrogens (tertiary/aromatic N) is 2. The fourth-order valence-corrected chi connectivity index (χ4v) is 1.87. The molecule has 0 amide bonds. The molecule has 4 heteroatoms. The maximum absolute atomic E-state index is 12.8. The van der Waals surface area contributed by atoms with Gasteiger partial charge in [0, 0.05) is 5.56 Å². The Hall–Kier alpha value is -1.84. The summed E-state index contributed by atoms with van der Waals surface area (Å²) in [6.45, 7) is 0. The number of rotatable bonds is 2. The smallest absolute Gasteiger partial charge is 0.130 e. The lowest BCUT2D eigenvalue weighted by molar-refractivity contribution is 0.627. The monoisotopic (exact) mass is 217 g/mol. The quantitative estimate of drug-likeness (QED) is 0.839. The Morgan fingerprint density at radius 1 is 1.25 bits per heavy atom. The van der Waals surface area contributed by atoms with E-state index in [1.807, 2.05) is 6.20 Å². The van der Waals surface area contributed by atoms with Crippen LogP contribution in [0.25, 0.3) is 5.69 Å². The first kappa shape index (κ1) is 9.39. The molecule has 0 spiro atoms. The van der Waals surface area contributed by atoms with Gasteiger partial charge in [0.1, 0.15) is 11.6 Å². The molecule has 1 heterocycles. The van der Waals surface area contributed by atoms with Crippen LogP contribution in [0.1, 0.15) is 24.3 Å². The van der Waals surface area contributed by atoms with Crippen molar-refractivity contribution in [1.29, 1.82) is 0 Å². The molecule has 1 aliphatic rings. The fourth-order valence-electron chi connectivity index (χ4n) is 1.87. The SMILES string of the molecule is Nc1c(C2CC2)cnn1-c1ccc(F)cc1. The van der Waals surface area contributed by atoms with E-state index in [1.54, 1.807) is 16.8 Å². The molecule has 1 aliphatic carbocycles. The molecule has 0 radical (unpaired) electrons. The van der Waals surface area contributed by atoms with E-state index in [4.69, 9.17) is 5.73 Å². The van der Waals surface area contributed by atoms with E-state index in [1.165, 1.54) is 25.0 Å². The van der Waals surface area contributed by atoms with Crippen LogP contribution in [0, 0.1) is 5.82 Å². The number of benzene rings is 1. The Balaban J connectivity index is 2.02. The number of hydrogen-bond acceptors (Lipinski definition) is 2. The van der Waals surface area contributed by atoms with Crippen molar-refractivity contribution in [3.05, 3.63) is 41.8 Å².